The monoisotopic (exact) mass is 382 g/mol. The predicted molar refractivity (Wildman–Crippen MR) is 105 cm³/mol. The number of hydrogen-bond donors (Lipinski definition) is 0. The number of pyridine rings is 1. The molecule has 146 valence electrons. The van der Waals surface area contributed by atoms with Crippen LogP contribution in [0.5, 0.6) is 11.5 Å². The van der Waals surface area contributed by atoms with Crippen molar-refractivity contribution in [3.63, 3.8) is 0 Å². The van der Waals surface area contributed by atoms with Gasteiger partial charge in [0.15, 0.2) is 11.3 Å². The molecule has 1 aliphatic rings. The average molecular weight is 382 g/mol. The maximum atomic E-state index is 12.5. The van der Waals surface area contributed by atoms with Gasteiger partial charge in [0, 0.05) is 30.9 Å². The summed E-state index contributed by atoms with van der Waals surface area (Å²) in [5, 5.41) is 0.550. The third-order valence-corrected chi connectivity index (χ3v) is 4.65. The fourth-order valence-corrected chi connectivity index (χ4v) is 3.16. The van der Waals surface area contributed by atoms with Crippen molar-refractivity contribution < 1.29 is 18.6 Å². The van der Waals surface area contributed by atoms with Gasteiger partial charge in [0.2, 0.25) is 0 Å². The molecule has 0 spiro atoms. The number of benzene rings is 1. The van der Waals surface area contributed by atoms with Gasteiger partial charge in [0.05, 0.1) is 24.8 Å². The number of fused-ring (bicyclic) bond motifs is 1. The predicted octanol–water partition coefficient (Wildman–Crippen LogP) is 2.79. The second-order valence-electron chi connectivity index (χ2n) is 6.50. The smallest absolute Gasteiger partial charge is 0.200 e. The first-order valence-corrected chi connectivity index (χ1v) is 9.28. The quantitative estimate of drug-likeness (QED) is 0.607. The fraction of sp³-hybridized carbons (Fsp3) is 0.333. The van der Waals surface area contributed by atoms with Gasteiger partial charge in [0.1, 0.15) is 30.3 Å². The zero-order valence-electron chi connectivity index (χ0n) is 15.7. The number of morpholine rings is 1. The van der Waals surface area contributed by atoms with Crippen molar-refractivity contribution >= 4 is 16.9 Å². The van der Waals surface area contributed by atoms with Crippen LogP contribution in [0.1, 0.15) is 5.56 Å². The van der Waals surface area contributed by atoms with Crippen molar-refractivity contribution in [1.82, 2.24) is 4.98 Å². The normalized spacial score (nSPS) is 14.2. The Labute approximate surface area is 162 Å². The Morgan fingerprint density at radius 3 is 2.75 bits per heavy atom. The maximum absolute atomic E-state index is 12.5. The highest BCUT2D eigenvalue weighted by molar-refractivity contribution is 5.82. The van der Waals surface area contributed by atoms with Crippen LogP contribution in [-0.2, 0) is 4.74 Å². The summed E-state index contributed by atoms with van der Waals surface area (Å²) in [5.74, 6) is 1.94. The van der Waals surface area contributed by atoms with Gasteiger partial charge < -0.3 is 23.5 Å². The number of nitrogens with zero attached hydrogens (tertiary/aromatic N) is 2. The third-order valence-electron chi connectivity index (χ3n) is 4.65. The summed E-state index contributed by atoms with van der Waals surface area (Å²) in [7, 11) is 0. The molecule has 28 heavy (non-hydrogen) atoms. The number of anilines is 1. The Bertz CT molecular complexity index is 997. The fourth-order valence-electron chi connectivity index (χ4n) is 3.16. The van der Waals surface area contributed by atoms with Crippen molar-refractivity contribution in [2.45, 2.75) is 6.92 Å². The molecule has 0 unspecified atom stereocenters. The highest BCUT2D eigenvalue weighted by Crippen LogP contribution is 2.29. The largest absolute Gasteiger partial charge is 0.490 e. The lowest BCUT2D eigenvalue weighted by Gasteiger charge is -2.27. The van der Waals surface area contributed by atoms with E-state index in [1.165, 1.54) is 0 Å². The van der Waals surface area contributed by atoms with Crippen LogP contribution in [0.25, 0.3) is 11.0 Å². The van der Waals surface area contributed by atoms with E-state index in [2.05, 4.69) is 4.98 Å². The summed E-state index contributed by atoms with van der Waals surface area (Å²) in [6.07, 6.45) is 3.35. The SMILES string of the molecule is Cc1c(OCCOc2cccnc2)ccc2c(=O)cc(N3CCOCC3)oc12. The molecule has 1 saturated heterocycles. The van der Waals surface area contributed by atoms with Gasteiger partial charge in [-0.25, -0.2) is 0 Å². The molecule has 0 saturated carbocycles. The Kier molecular flexibility index (Phi) is 5.43. The highest BCUT2D eigenvalue weighted by Gasteiger charge is 2.17. The summed E-state index contributed by atoms with van der Waals surface area (Å²) in [6, 6.07) is 8.75. The second-order valence-corrected chi connectivity index (χ2v) is 6.50. The van der Waals surface area contributed by atoms with E-state index in [4.69, 9.17) is 18.6 Å². The van der Waals surface area contributed by atoms with Gasteiger partial charge in [-0.1, -0.05) is 0 Å². The molecule has 1 fully saturated rings. The van der Waals surface area contributed by atoms with Crippen LogP contribution < -0.4 is 19.8 Å². The van der Waals surface area contributed by atoms with Crippen molar-refractivity contribution in [2.75, 3.05) is 44.4 Å². The van der Waals surface area contributed by atoms with Crippen LogP contribution >= 0.6 is 0 Å². The molecule has 0 aliphatic carbocycles. The van der Waals surface area contributed by atoms with Crippen LogP contribution in [0.2, 0.25) is 0 Å². The zero-order valence-corrected chi connectivity index (χ0v) is 15.7. The highest BCUT2D eigenvalue weighted by atomic mass is 16.5. The maximum Gasteiger partial charge on any atom is 0.200 e. The summed E-state index contributed by atoms with van der Waals surface area (Å²) in [6.45, 7) is 5.31. The van der Waals surface area contributed by atoms with E-state index >= 15 is 0 Å². The number of rotatable bonds is 6. The molecule has 0 bridgehead atoms. The minimum absolute atomic E-state index is 0.0581. The van der Waals surface area contributed by atoms with Crippen molar-refractivity contribution in [3.8, 4) is 11.5 Å². The van der Waals surface area contributed by atoms with Crippen molar-refractivity contribution in [2.24, 2.45) is 0 Å². The molecule has 0 amide bonds. The number of hydrogen-bond acceptors (Lipinski definition) is 7. The van der Waals surface area contributed by atoms with E-state index in [-0.39, 0.29) is 5.43 Å². The van der Waals surface area contributed by atoms with E-state index in [1.54, 1.807) is 30.6 Å². The molecule has 3 aromatic rings. The Hall–Kier alpha value is -3.06. The Balaban J connectivity index is 1.51. The van der Waals surface area contributed by atoms with Crippen LogP contribution in [0.4, 0.5) is 5.88 Å². The van der Waals surface area contributed by atoms with E-state index < -0.39 is 0 Å². The number of aryl methyl sites for hydroxylation is 1. The number of ether oxygens (including phenoxy) is 3. The Morgan fingerprint density at radius 1 is 1.14 bits per heavy atom. The molecule has 0 radical (unpaired) electrons. The van der Waals surface area contributed by atoms with Crippen molar-refractivity contribution in [3.05, 3.63) is 58.5 Å². The summed E-state index contributed by atoms with van der Waals surface area (Å²) in [5.41, 5.74) is 1.29. The lowest BCUT2D eigenvalue weighted by Crippen LogP contribution is -2.36. The van der Waals surface area contributed by atoms with E-state index in [9.17, 15) is 4.79 Å². The molecule has 4 rings (SSSR count). The van der Waals surface area contributed by atoms with Crippen molar-refractivity contribution in [1.29, 1.82) is 0 Å². The molecule has 2 aromatic heterocycles. The molecule has 7 nitrogen and oxygen atoms in total. The van der Waals surface area contributed by atoms with Gasteiger partial charge in [0.25, 0.3) is 0 Å². The first-order valence-electron chi connectivity index (χ1n) is 9.28. The van der Waals surface area contributed by atoms with Gasteiger partial charge in [-0.05, 0) is 31.2 Å². The van der Waals surface area contributed by atoms with E-state index in [1.807, 2.05) is 24.0 Å². The Morgan fingerprint density at radius 2 is 1.96 bits per heavy atom. The standard InChI is InChI=1S/C21H22N2O5/c1-15-19(27-12-11-26-16-3-2-6-22-14-16)5-4-17-18(24)13-20(28-21(15)17)23-7-9-25-10-8-23/h2-6,13-14H,7-12H2,1H3. The zero-order chi connectivity index (χ0) is 19.3. The molecule has 0 atom stereocenters. The minimum Gasteiger partial charge on any atom is -0.490 e. The molecular weight excluding hydrogens is 360 g/mol. The van der Waals surface area contributed by atoms with Crippen LogP contribution in [0, 0.1) is 6.92 Å². The first-order chi connectivity index (χ1) is 13.7. The summed E-state index contributed by atoms with van der Waals surface area (Å²) >= 11 is 0. The molecule has 1 aromatic carbocycles. The average Bonchev–Trinajstić information content (AvgIpc) is 2.74. The van der Waals surface area contributed by atoms with Crippen LogP contribution in [0.15, 0.2) is 51.9 Å². The number of aromatic nitrogens is 1. The topological polar surface area (TPSA) is 74.0 Å². The summed E-state index contributed by atoms with van der Waals surface area (Å²) < 4.78 is 22.9. The van der Waals surface area contributed by atoms with Gasteiger partial charge >= 0.3 is 0 Å². The second kappa shape index (κ2) is 8.31. The molecule has 0 N–H and O–H groups in total. The molecule has 3 heterocycles. The van der Waals surface area contributed by atoms with Gasteiger partial charge in [-0.15, -0.1) is 0 Å². The molecule has 7 heteroatoms. The van der Waals surface area contributed by atoms with Crippen LogP contribution in [-0.4, -0.2) is 44.5 Å². The molecular formula is C21H22N2O5. The lowest BCUT2D eigenvalue weighted by atomic mass is 10.1. The van der Waals surface area contributed by atoms with E-state index in [0.717, 1.165) is 5.56 Å². The first kappa shape index (κ1) is 18.3. The summed E-state index contributed by atoms with van der Waals surface area (Å²) in [4.78, 5) is 18.6. The lowest BCUT2D eigenvalue weighted by molar-refractivity contribution is 0.121. The van der Waals surface area contributed by atoms with E-state index in [0.29, 0.717) is 67.9 Å². The third kappa shape index (κ3) is 3.94. The minimum atomic E-state index is -0.0581. The van der Waals surface area contributed by atoms with Crippen LogP contribution in [0.3, 0.4) is 0 Å². The van der Waals surface area contributed by atoms with Gasteiger partial charge in [-0.3, -0.25) is 9.78 Å². The molecule has 1 aliphatic heterocycles. The van der Waals surface area contributed by atoms with Gasteiger partial charge in [-0.2, -0.15) is 0 Å².